The van der Waals surface area contributed by atoms with Gasteiger partial charge in [-0.3, -0.25) is 4.79 Å². The van der Waals surface area contributed by atoms with Gasteiger partial charge in [-0.05, 0) is 36.4 Å². The number of carbonyl (C=O) groups excluding carboxylic acids is 1. The number of benzene rings is 2. The number of hydrogen-bond acceptors (Lipinski definition) is 5. The Kier molecular flexibility index (Phi) is 3.62. The fourth-order valence-corrected chi connectivity index (χ4v) is 5.19. The molecule has 0 radical (unpaired) electrons. The Morgan fingerprint density at radius 1 is 0.926 bits per heavy atom. The average Bonchev–Trinajstić information content (AvgIpc) is 3.05. The average molecular weight is 381 g/mol. The predicted octanol–water partition coefficient (Wildman–Crippen LogP) is 2.52. The molecule has 1 fully saturated rings. The van der Waals surface area contributed by atoms with E-state index in [1.54, 1.807) is 0 Å². The van der Waals surface area contributed by atoms with Gasteiger partial charge in [0.25, 0.3) is 0 Å². The number of imidazole rings is 1. The Morgan fingerprint density at radius 3 is 2.41 bits per heavy atom. The van der Waals surface area contributed by atoms with Crippen LogP contribution in [0.5, 0.6) is 0 Å². The molecule has 0 unspecified atom stereocenters. The highest BCUT2D eigenvalue weighted by Crippen LogP contribution is 2.32. The first-order valence-corrected chi connectivity index (χ1v) is 10.9. The van der Waals surface area contributed by atoms with E-state index >= 15 is 0 Å². The molecule has 1 aromatic heterocycles. The number of carbonyl (C=O) groups is 1. The smallest absolute Gasteiger partial charge is 0.166 e. The number of rotatable bonds is 2. The van der Waals surface area contributed by atoms with Gasteiger partial charge in [0.05, 0.1) is 22.5 Å². The van der Waals surface area contributed by atoms with Gasteiger partial charge in [-0.25, -0.2) is 13.4 Å². The van der Waals surface area contributed by atoms with Crippen LogP contribution in [0.25, 0.3) is 22.4 Å². The van der Waals surface area contributed by atoms with Crippen LogP contribution in [0.4, 0.5) is 5.69 Å². The molecule has 6 nitrogen and oxygen atoms in total. The van der Waals surface area contributed by atoms with E-state index in [-0.39, 0.29) is 17.3 Å². The Bertz CT molecular complexity index is 1150. The summed E-state index contributed by atoms with van der Waals surface area (Å²) in [5.41, 5.74) is 4.55. The SMILES string of the molecule is O=C1CCn2c(-c3ccc(N4CCS(=O)(=O)CC4)cc3)nc3cccc1c32. The molecule has 138 valence electrons. The van der Waals surface area contributed by atoms with E-state index in [0.717, 1.165) is 33.7 Å². The van der Waals surface area contributed by atoms with Crippen molar-refractivity contribution < 1.29 is 13.2 Å². The normalized spacial score (nSPS) is 18.8. The van der Waals surface area contributed by atoms with Gasteiger partial charge in [-0.15, -0.1) is 0 Å². The monoisotopic (exact) mass is 381 g/mol. The summed E-state index contributed by atoms with van der Waals surface area (Å²) < 4.78 is 25.4. The number of ketones is 1. The number of aromatic nitrogens is 2. The molecule has 0 bridgehead atoms. The molecule has 5 rings (SSSR count). The van der Waals surface area contributed by atoms with E-state index in [0.29, 0.717) is 26.1 Å². The molecule has 1 saturated heterocycles. The molecule has 0 spiro atoms. The Hall–Kier alpha value is -2.67. The first kappa shape index (κ1) is 16.5. The van der Waals surface area contributed by atoms with Gasteiger partial charge in [0.1, 0.15) is 5.82 Å². The van der Waals surface area contributed by atoms with E-state index in [9.17, 15) is 13.2 Å². The van der Waals surface area contributed by atoms with Crippen molar-refractivity contribution in [3.63, 3.8) is 0 Å². The van der Waals surface area contributed by atoms with Crippen molar-refractivity contribution in [1.29, 1.82) is 0 Å². The molecule has 3 heterocycles. The van der Waals surface area contributed by atoms with Crippen LogP contribution < -0.4 is 4.90 Å². The maximum Gasteiger partial charge on any atom is 0.166 e. The molecular weight excluding hydrogens is 362 g/mol. The Balaban J connectivity index is 1.51. The predicted molar refractivity (Wildman–Crippen MR) is 105 cm³/mol. The van der Waals surface area contributed by atoms with Crippen molar-refractivity contribution in [3.05, 3.63) is 48.0 Å². The molecule has 0 atom stereocenters. The van der Waals surface area contributed by atoms with Crippen molar-refractivity contribution in [3.8, 4) is 11.4 Å². The zero-order chi connectivity index (χ0) is 18.6. The molecule has 0 amide bonds. The molecule has 3 aromatic rings. The number of para-hydroxylation sites is 1. The summed E-state index contributed by atoms with van der Waals surface area (Å²) in [5.74, 6) is 1.47. The third kappa shape index (κ3) is 2.73. The van der Waals surface area contributed by atoms with Gasteiger partial charge in [0.2, 0.25) is 0 Å². The van der Waals surface area contributed by atoms with E-state index in [2.05, 4.69) is 9.47 Å². The highest BCUT2D eigenvalue weighted by Gasteiger charge is 2.24. The molecule has 0 N–H and O–H groups in total. The van der Waals surface area contributed by atoms with Crippen LogP contribution in [-0.2, 0) is 16.4 Å². The quantitative estimate of drug-likeness (QED) is 0.682. The third-order valence-electron chi connectivity index (χ3n) is 5.46. The fourth-order valence-electron chi connectivity index (χ4n) is 3.99. The lowest BCUT2D eigenvalue weighted by Gasteiger charge is -2.28. The minimum Gasteiger partial charge on any atom is -0.369 e. The standard InChI is InChI=1S/C20H19N3O3S/c24-18-8-9-23-19-16(18)2-1-3-17(19)21-20(23)14-4-6-15(7-5-14)22-10-12-27(25,26)13-11-22/h1-7H,8-13H2. The van der Waals surface area contributed by atoms with Crippen LogP contribution >= 0.6 is 0 Å². The van der Waals surface area contributed by atoms with Gasteiger partial charge in [-0.2, -0.15) is 0 Å². The third-order valence-corrected chi connectivity index (χ3v) is 7.07. The minimum atomic E-state index is -2.88. The summed E-state index contributed by atoms with van der Waals surface area (Å²) >= 11 is 0. The number of nitrogens with zero attached hydrogens (tertiary/aromatic N) is 3. The number of sulfone groups is 1. The Labute approximate surface area is 157 Å². The lowest BCUT2D eigenvalue weighted by atomic mass is 10.0. The van der Waals surface area contributed by atoms with Gasteiger partial charge < -0.3 is 9.47 Å². The maximum atomic E-state index is 12.2. The van der Waals surface area contributed by atoms with Crippen LogP contribution in [0.3, 0.4) is 0 Å². The zero-order valence-corrected chi connectivity index (χ0v) is 15.6. The van der Waals surface area contributed by atoms with Crippen molar-refractivity contribution in [1.82, 2.24) is 9.55 Å². The Morgan fingerprint density at radius 2 is 1.67 bits per heavy atom. The van der Waals surface area contributed by atoms with E-state index in [1.807, 2.05) is 42.5 Å². The topological polar surface area (TPSA) is 72.3 Å². The van der Waals surface area contributed by atoms with Crippen molar-refractivity contribution in [2.24, 2.45) is 0 Å². The highest BCUT2D eigenvalue weighted by atomic mass is 32.2. The molecule has 2 aromatic carbocycles. The van der Waals surface area contributed by atoms with E-state index < -0.39 is 9.84 Å². The minimum absolute atomic E-state index is 0.176. The van der Waals surface area contributed by atoms with Crippen LogP contribution in [0.1, 0.15) is 16.8 Å². The zero-order valence-electron chi connectivity index (χ0n) is 14.8. The van der Waals surface area contributed by atoms with Crippen LogP contribution in [0.2, 0.25) is 0 Å². The molecule has 2 aliphatic rings. The fraction of sp³-hybridized carbons (Fsp3) is 0.300. The summed E-state index contributed by atoms with van der Waals surface area (Å²) in [6, 6.07) is 13.8. The van der Waals surface area contributed by atoms with E-state index in [1.165, 1.54) is 0 Å². The summed E-state index contributed by atoms with van der Waals surface area (Å²) in [6.07, 6.45) is 0.496. The lowest BCUT2D eigenvalue weighted by Crippen LogP contribution is -2.40. The van der Waals surface area contributed by atoms with Crippen LogP contribution in [-0.4, -0.2) is 48.3 Å². The lowest BCUT2D eigenvalue weighted by molar-refractivity contribution is 0.0973. The van der Waals surface area contributed by atoms with Crippen LogP contribution in [0.15, 0.2) is 42.5 Å². The van der Waals surface area contributed by atoms with Gasteiger partial charge in [-0.1, -0.05) is 6.07 Å². The molecule has 0 saturated carbocycles. The summed E-state index contributed by atoms with van der Waals surface area (Å²) in [5, 5.41) is 0. The number of anilines is 1. The number of aryl methyl sites for hydroxylation is 1. The molecular formula is C20H19N3O3S. The number of Topliss-reactive ketones (excluding diaryl/α,β-unsaturated/α-hetero) is 1. The van der Waals surface area contributed by atoms with Gasteiger partial charge in [0.15, 0.2) is 15.6 Å². The second-order valence-electron chi connectivity index (χ2n) is 7.12. The second-order valence-corrected chi connectivity index (χ2v) is 9.42. The molecule has 0 aliphatic carbocycles. The van der Waals surface area contributed by atoms with Gasteiger partial charge >= 0.3 is 0 Å². The number of hydrogen-bond donors (Lipinski definition) is 0. The molecule has 2 aliphatic heterocycles. The summed E-state index contributed by atoms with van der Waals surface area (Å²) in [7, 11) is -2.88. The van der Waals surface area contributed by atoms with Crippen molar-refractivity contribution in [2.75, 3.05) is 29.5 Å². The first-order chi connectivity index (χ1) is 13.0. The van der Waals surface area contributed by atoms with Gasteiger partial charge in [0, 0.05) is 42.9 Å². The van der Waals surface area contributed by atoms with Crippen molar-refractivity contribution >= 4 is 32.3 Å². The molecule has 27 heavy (non-hydrogen) atoms. The molecule has 7 heteroatoms. The largest absolute Gasteiger partial charge is 0.369 e. The van der Waals surface area contributed by atoms with E-state index in [4.69, 9.17) is 4.98 Å². The van der Waals surface area contributed by atoms with Crippen LogP contribution in [0, 0.1) is 0 Å². The first-order valence-electron chi connectivity index (χ1n) is 9.10. The summed E-state index contributed by atoms with van der Waals surface area (Å²) in [4.78, 5) is 19.1. The highest BCUT2D eigenvalue weighted by molar-refractivity contribution is 7.91. The maximum absolute atomic E-state index is 12.2. The summed E-state index contributed by atoms with van der Waals surface area (Å²) in [6.45, 7) is 1.71. The van der Waals surface area contributed by atoms with Crippen molar-refractivity contribution in [2.45, 2.75) is 13.0 Å². The second kappa shape index (κ2) is 5.92.